The molecule has 9 nitrogen and oxygen atoms in total. The number of ether oxygens (including phenoxy) is 2. The van der Waals surface area contributed by atoms with Crippen molar-refractivity contribution in [2.24, 2.45) is 0 Å². The molecule has 11 heteroatoms. The van der Waals surface area contributed by atoms with Crippen LogP contribution in [0.3, 0.4) is 0 Å². The van der Waals surface area contributed by atoms with E-state index in [2.05, 4.69) is 325 Å². The molecule has 4 aliphatic heterocycles. The summed E-state index contributed by atoms with van der Waals surface area (Å²) in [6.45, 7) is 38.7. The number of benzene rings is 9. The van der Waals surface area contributed by atoms with Gasteiger partial charge in [-0.15, -0.1) is 0 Å². The predicted molar refractivity (Wildman–Crippen MR) is 431 cm³/mol. The third kappa shape index (κ3) is 9.79. The topological polar surface area (TPSA) is 70.3 Å². The van der Waals surface area contributed by atoms with Gasteiger partial charge in [0.15, 0.2) is 0 Å². The monoisotopic (exact) mass is 1350 g/mol. The summed E-state index contributed by atoms with van der Waals surface area (Å²) in [5.74, 6) is 6.00. The van der Waals surface area contributed by atoms with Crippen molar-refractivity contribution in [1.29, 1.82) is 0 Å². The van der Waals surface area contributed by atoms with Gasteiger partial charge >= 0.3 is 6.71 Å². The van der Waals surface area contributed by atoms with Gasteiger partial charge in [-0.05, 0) is 215 Å². The Kier molecular flexibility index (Phi) is 14.2. The Morgan fingerprint density at radius 1 is 0.408 bits per heavy atom. The molecule has 0 amide bonds. The van der Waals surface area contributed by atoms with Crippen molar-refractivity contribution in [3.8, 4) is 23.0 Å². The summed E-state index contributed by atoms with van der Waals surface area (Å²) in [4.78, 5) is 21.9. The zero-order chi connectivity index (χ0) is 71.5. The molecule has 512 valence electrons. The van der Waals surface area contributed by atoms with E-state index in [-0.39, 0.29) is 33.8 Å². The number of para-hydroxylation sites is 6. The van der Waals surface area contributed by atoms with Crippen LogP contribution in [0.5, 0.6) is 23.0 Å². The quantitative estimate of drug-likeness (QED) is 0.138. The highest BCUT2D eigenvalue weighted by Crippen LogP contribution is 2.55. The van der Waals surface area contributed by atoms with Crippen LogP contribution in [0.1, 0.15) is 163 Å². The van der Waals surface area contributed by atoms with Crippen LogP contribution in [0.4, 0.5) is 68.8 Å². The molecule has 0 atom stereocenters. The van der Waals surface area contributed by atoms with Gasteiger partial charge in [-0.2, -0.15) is 0 Å². The van der Waals surface area contributed by atoms with Gasteiger partial charge in [-0.1, -0.05) is 197 Å². The first-order chi connectivity index (χ1) is 49.2. The molecule has 12 aromatic rings. The van der Waals surface area contributed by atoms with Gasteiger partial charge in [-0.25, -0.2) is 9.97 Å². The highest BCUT2D eigenvalue weighted by molar-refractivity contribution is 7.01. The van der Waals surface area contributed by atoms with E-state index in [4.69, 9.17) is 23.9 Å². The average Bonchev–Trinajstić information content (AvgIpc) is 1.68. The molecule has 0 saturated heterocycles. The minimum atomic E-state index is -0.480. The molecule has 18 rings (SSSR count). The number of rotatable bonds is 8. The summed E-state index contributed by atoms with van der Waals surface area (Å²) < 4.78 is 23.5. The number of anilines is 12. The number of hydrogen-bond acceptors (Lipinski definition) is 9. The van der Waals surface area contributed by atoms with Crippen molar-refractivity contribution in [2.45, 2.75) is 170 Å². The molecule has 3 aromatic heterocycles. The van der Waals surface area contributed by atoms with Crippen molar-refractivity contribution < 1.29 is 13.9 Å². The third-order valence-corrected chi connectivity index (χ3v) is 24.4. The number of furan rings is 1. The van der Waals surface area contributed by atoms with Crippen molar-refractivity contribution in [3.63, 3.8) is 0 Å². The first-order valence-corrected chi connectivity index (χ1v) is 37.2. The lowest BCUT2D eigenvalue weighted by Gasteiger charge is -2.44. The average molecular weight is 1350 g/mol. The van der Waals surface area contributed by atoms with E-state index >= 15 is 0 Å². The third-order valence-electron chi connectivity index (χ3n) is 24.4. The Labute approximate surface area is 608 Å². The predicted octanol–water partition coefficient (Wildman–Crippen LogP) is 20.8. The van der Waals surface area contributed by atoms with Crippen LogP contribution in [0.25, 0.3) is 11.0 Å². The maximum absolute atomic E-state index is 7.87. The molecule has 7 heterocycles. The number of aryl methyl sites for hydroxylation is 6. The van der Waals surface area contributed by atoms with Crippen LogP contribution < -0.4 is 62.0 Å². The van der Waals surface area contributed by atoms with Crippen LogP contribution in [-0.4, -0.2) is 23.4 Å². The Morgan fingerprint density at radius 3 is 1.36 bits per heavy atom. The molecule has 0 fully saturated rings. The zero-order valence-electron chi connectivity index (χ0n) is 62.8. The Bertz CT molecular complexity index is 5570. The second-order valence-electron chi connectivity index (χ2n) is 34.1. The van der Waals surface area contributed by atoms with E-state index in [1.807, 2.05) is 0 Å². The van der Waals surface area contributed by atoms with Gasteiger partial charge < -0.3 is 13.9 Å². The maximum Gasteiger partial charge on any atom is 0.303 e. The molecule has 0 N–H and O–H groups in total. The van der Waals surface area contributed by atoms with Gasteiger partial charge in [0.25, 0.3) is 6.71 Å². The van der Waals surface area contributed by atoms with Crippen molar-refractivity contribution in [2.75, 3.05) is 19.6 Å². The minimum Gasteiger partial charge on any atom is -0.468 e. The number of fused-ring (bicyclic) bond motifs is 12. The SMILES string of the molecule is Cc1ccccc1N(c1cc2c3c(n1)N(c1ccc4c(c1)C(C)(C)CCC4(C)C)c1ccccc1B3c1cc3c(cc1O2)Oc1cc(N(c2ccccc2C)c2c(C)cccc2C)nc2c1B3c1oc3c(C(C)(C)C)cccc3c1N2c1ccc2c(c1)C(C)(C)CCC2(C)C)c1c(C)cccc1C. The van der Waals surface area contributed by atoms with Gasteiger partial charge in [0.1, 0.15) is 57.5 Å². The molecule has 103 heavy (non-hydrogen) atoms. The van der Waals surface area contributed by atoms with E-state index in [1.165, 1.54) is 22.3 Å². The summed E-state index contributed by atoms with van der Waals surface area (Å²) in [5.41, 5.74) is 28.4. The Morgan fingerprint density at radius 2 is 0.845 bits per heavy atom. The van der Waals surface area contributed by atoms with Crippen LogP contribution >= 0.6 is 0 Å². The van der Waals surface area contributed by atoms with Crippen molar-refractivity contribution in [3.05, 3.63) is 249 Å². The minimum absolute atomic E-state index is 0.00282. The van der Waals surface area contributed by atoms with Crippen molar-refractivity contribution in [1.82, 2.24) is 9.97 Å². The van der Waals surface area contributed by atoms with E-state index in [0.29, 0.717) is 11.5 Å². The highest BCUT2D eigenvalue weighted by Gasteiger charge is 2.52. The summed E-state index contributed by atoms with van der Waals surface area (Å²) >= 11 is 0. The normalized spacial score (nSPS) is 16.4. The number of hydrogen-bond donors (Lipinski definition) is 0. The van der Waals surface area contributed by atoms with Crippen LogP contribution in [0, 0.1) is 41.5 Å². The van der Waals surface area contributed by atoms with Crippen LogP contribution in [0.15, 0.2) is 192 Å². The van der Waals surface area contributed by atoms with Crippen LogP contribution in [-0.2, 0) is 27.1 Å². The summed E-state index contributed by atoms with van der Waals surface area (Å²) in [6, 6.07) is 69.8. The number of aromatic nitrogens is 2. The lowest BCUT2D eigenvalue weighted by Crippen LogP contribution is -2.63. The summed E-state index contributed by atoms with van der Waals surface area (Å²) in [7, 11) is 0. The fraction of sp³-hybridized carbons (Fsp3) is 0.283. The fourth-order valence-corrected chi connectivity index (χ4v) is 18.6. The van der Waals surface area contributed by atoms with E-state index in [0.717, 1.165) is 189 Å². The van der Waals surface area contributed by atoms with Gasteiger partial charge in [0, 0.05) is 57.1 Å². The molecule has 0 saturated carbocycles. The standard InChI is InChI=1S/C92H90B2N6O3/c1-53-27-18-21-36-70(53)99(81-55(3)29-24-30-56(81)4)77-51-75-79-86(95-77)97(59-39-41-62-65(47-59)91(14,15)45-43-89(62,10)11)72-38-23-20-35-67(72)93(79)68-49-69-74(50-73(68)101-75)102-76-52-78(100(71-37-22-19-28-54(71)2)82-57(5)31-25-32-58(82)6)96-87-80(76)94(69)85-83(61-33-26-34-64(84(61)103-85)88(7,8)9)98(87)60-40-42-63-66(48-60)92(16,17)46-44-90(63,12)13/h18-42,47-52H,43-46H2,1-17H3. The highest BCUT2D eigenvalue weighted by atomic mass is 16.5. The van der Waals surface area contributed by atoms with Gasteiger partial charge in [0.05, 0.1) is 28.4 Å². The van der Waals surface area contributed by atoms with E-state index < -0.39 is 6.71 Å². The van der Waals surface area contributed by atoms with Gasteiger partial charge in [0.2, 0.25) is 0 Å². The second-order valence-corrected chi connectivity index (χ2v) is 34.1. The first-order valence-electron chi connectivity index (χ1n) is 37.2. The second kappa shape index (κ2) is 22.6. The molecule has 6 aliphatic rings. The number of pyridine rings is 2. The maximum atomic E-state index is 7.87. The van der Waals surface area contributed by atoms with E-state index in [1.54, 1.807) is 0 Å². The lowest BCUT2D eigenvalue weighted by molar-refractivity contribution is 0.332. The smallest absolute Gasteiger partial charge is 0.303 e. The largest absolute Gasteiger partial charge is 0.468 e. The van der Waals surface area contributed by atoms with Crippen LogP contribution in [0.2, 0.25) is 0 Å². The molecule has 2 aliphatic carbocycles. The molecule has 0 radical (unpaired) electrons. The lowest BCUT2D eigenvalue weighted by atomic mass is 9.32. The summed E-state index contributed by atoms with van der Waals surface area (Å²) in [5, 5.41) is 1.04. The zero-order valence-corrected chi connectivity index (χ0v) is 62.8. The molecule has 0 bridgehead atoms. The van der Waals surface area contributed by atoms with Gasteiger partial charge in [-0.3, -0.25) is 19.6 Å². The van der Waals surface area contributed by atoms with Crippen molar-refractivity contribution >= 4 is 126 Å². The molecular weight excluding hydrogens is 1260 g/mol. The molecule has 0 spiro atoms. The molecule has 0 unspecified atom stereocenters. The van der Waals surface area contributed by atoms with E-state index in [9.17, 15) is 0 Å². The Hall–Kier alpha value is -10.3. The Balaban J connectivity index is 0.922. The summed E-state index contributed by atoms with van der Waals surface area (Å²) in [6.07, 6.45) is 4.41. The molecule has 9 aromatic carbocycles. The first kappa shape index (κ1) is 64.8. The number of nitrogens with zero attached hydrogens (tertiary/aromatic N) is 6. The molecular formula is C92H90B2N6O3. The fourth-order valence-electron chi connectivity index (χ4n) is 18.6.